The molecule has 2 atom stereocenters. The van der Waals surface area contributed by atoms with Gasteiger partial charge in [-0.15, -0.1) is 0 Å². The lowest BCUT2D eigenvalue weighted by molar-refractivity contribution is -0.157. The van der Waals surface area contributed by atoms with Crippen LogP contribution in [0.25, 0.3) is 0 Å². The van der Waals surface area contributed by atoms with E-state index in [-0.39, 0.29) is 23.7 Å². The van der Waals surface area contributed by atoms with Gasteiger partial charge in [-0.2, -0.15) is 0 Å². The van der Waals surface area contributed by atoms with E-state index >= 15 is 0 Å². The molecule has 6 heteroatoms. The van der Waals surface area contributed by atoms with Gasteiger partial charge in [-0.05, 0) is 42.9 Å². The van der Waals surface area contributed by atoms with Crippen LogP contribution in [0.2, 0.25) is 5.02 Å². The molecular weight excluding hydrogens is 400 g/mol. The van der Waals surface area contributed by atoms with Crippen LogP contribution in [0.3, 0.4) is 0 Å². The number of likely N-dealkylation sites (tertiary alicyclic amines) is 1. The number of rotatable bonds is 5. The maximum atomic E-state index is 13.4. The van der Waals surface area contributed by atoms with Gasteiger partial charge in [0.2, 0.25) is 11.8 Å². The molecule has 0 aromatic heterocycles. The highest BCUT2D eigenvalue weighted by molar-refractivity contribution is 6.30. The molecule has 1 aliphatic heterocycles. The van der Waals surface area contributed by atoms with Gasteiger partial charge in [0.05, 0.1) is 5.60 Å². The third-order valence-electron chi connectivity index (χ3n) is 7.04. The normalized spacial score (nSPS) is 25.4. The van der Waals surface area contributed by atoms with E-state index in [1.165, 1.54) is 0 Å². The summed E-state index contributed by atoms with van der Waals surface area (Å²) in [6.07, 6.45) is 4.43. The first kappa shape index (κ1) is 23.1. The molecule has 0 spiro atoms. The van der Waals surface area contributed by atoms with E-state index in [9.17, 15) is 14.7 Å². The van der Waals surface area contributed by atoms with Gasteiger partial charge in [-0.3, -0.25) is 9.59 Å². The van der Waals surface area contributed by atoms with Gasteiger partial charge in [0.25, 0.3) is 0 Å². The molecule has 1 heterocycles. The molecule has 1 saturated heterocycles. The molecule has 30 heavy (non-hydrogen) atoms. The molecule has 0 bridgehead atoms. The van der Waals surface area contributed by atoms with Gasteiger partial charge < -0.3 is 15.3 Å². The second-order valence-electron chi connectivity index (χ2n) is 9.97. The molecule has 166 valence electrons. The van der Waals surface area contributed by atoms with Crippen LogP contribution < -0.4 is 5.32 Å². The Hall–Kier alpha value is -1.59. The largest absolute Gasteiger partial charge is 0.384 e. The Bertz CT molecular complexity index is 771. The molecular formula is C24H35ClN2O3. The number of amides is 2. The number of halogens is 1. The van der Waals surface area contributed by atoms with E-state index in [1.807, 2.05) is 44.7 Å². The van der Waals surface area contributed by atoms with Crippen LogP contribution >= 0.6 is 11.6 Å². The summed E-state index contributed by atoms with van der Waals surface area (Å²) in [7, 11) is 0. The second-order valence-corrected chi connectivity index (χ2v) is 10.4. The number of benzene rings is 1. The first-order valence-electron chi connectivity index (χ1n) is 11.1. The molecule has 0 radical (unpaired) electrons. The molecule has 1 aliphatic carbocycles. The van der Waals surface area contributed by atoms with Crippen LogP contribution in [-0.2, 0) is 15.2 Å². The number of nitrogens with one attached hydrogen (secondary N) is 1. The van der Waals surface area contributed by atoms with Crippen molar-refractivity contribution in [2.45, 2.75) is 71.4 Å². The fourth-order valence-corrected chi connectivity index (χ4v) is 5.07. The van der Waals surface area contributed by atoms with Gasteiger partial charge in [-0.25, -0.2) is 0 Å². The van der Waals surface area contributed by atoms with Crippen LogP contribution in [0.4, 0.5) is 0 Å². The lowest BCUT2D eigenvalue weighted by atomic mass is 9.66. The van der Waals surface area contributed by atoms with Gasteiger partial charge in [0.15, 0.2) is 0 Å². The molecule has 2 amide bonds. The van der Waals surface area contributed by atoms with Crippen molar-refractivity contribution in [3.63, 3.8) is 0 Å². The van der Waals surface area contributed by atoms with Crippen molar-refractivity contribution >= 4 is 23.4 Å². The Morgan fingerprint density at radius 3 is 2.30 bits per heavy atom. The van der Waals surface area contributed by atoms with Crippen molar-refractivity contribution in [2.24, 2.45) is 17.3 Å². The first-order valence-corrected chi connectivity index (χ1v) is 11.5. The Kier molecular flexibility index (Phi) is 6.83. The number of piperidine rings is 1. The molecule has 3 rings (SSSR count). The van der Waals surface area contributed by atoms with Crippen LogP contribution in [0, 0.1) is 17.3 Å². The van der Waals surface area contributed by atoms with Crippen molar-refractivity contribution < 1.29 is 14.7 Å². The summed E-state index contributed by atoms with van der Waals surface area (Å²) in [5.41, 5.74) is -0.778. The van der Waals surface area contributed by atoms with Gasteiger partial charge >= 0.3 is 0 Å². The van der Waals surface area contributed by atoms with Crippen LogP contribution in [0.15, 0.2) is 24.3 Å². The summed E-state index contributed by atoms with van der Waals surface area (Å²) in [5, 5.41) is 15.2. The smallest absolute Gasteiger partial charge is 0.245 e. The minimum atomic E-state index is -1.05. The number of hydrogen-bond donors (Lipinski definition) is 2. The predicted octanol–water partition coefficient (Wildman–Crippen LogP) is 4.12. The van der Waals surface area contributed by atoms with Crippen LogP contribution in [-0.4, -0.2) is 41.0 Å². The van der Waals surface area contributed by atoms with Crippen LogP contribution in [0.5, 0.6) is 0 Å². The number of carbonyl (C=O) groups excluding carboxylic acids is 2. The molecule has 2 unspecified atom stereocenters. The first-order chi connectivity index (χ1) is 14.0. The molecule has 1 aromatic carbocycles. The lowest BCUT2D eigenvalue weighted by Crippen LogP contribution is -2.60. The van der Waals surface area contributed by atoms with E-state index < -0.39 is 17.1 Å². The average Bonchev–Trinajstić information content (AvgIpc) is 3.22. The highest BCUT2D eigenvalue weighted by Crippen LogP contribution is 2.46. The molecule has 2 aliphatic rings. The average molecular weight is 435 g/mol. The summed E-state index contributed by atoms with van der Waals surface area (Å²) in [6.45, 7) is 8.79. The van der Waals surface area contributed by atoms with Crippen molar-refractivity contribution in [3.05, 3.63) is 34.9 Å². The minimum Gasteiger partial charge on any atom is -0.384 e. The summed E-state index contributed by atoms with van der Waals surface area (Å²) < 4.78 is 0. The Labute approximate surface area is 185 Å². The Morgan fingerprint density at radius 2 is 1.77 bits per heavy atom. The maximum absolute atomic E-state index is 13.4. The highest BCUT2D eigenvalue weighted by atomic mass is 35.5. The zero-order valence-corrected chi connectivity index (χ0v) is 19.3. The topological polar surface area (TPSA) is 69.6 Å². The van der Waals surface area contributed by atoms with Gasteiger partial charge in [0.1, 0.15) is 6.04 Å². The third kappa shape index (κ3) is 4.52. The van der Waals surface area contributed by atoms with E-state index in [0.29, 0.717) is 24.5 Å². The predicted molar refractivity (Wildman–Crippen MR) is 119 cm³/mol. The maximum Gasteiger partial charge on any atom is 0.245 e. The number of aliphatic hydroxyl groups is 1. The fraction of sp³-hybridized carbons (Fsp3) is 0.667. The number of hydrogen-bond acceptors (Lipinski definition) is 3. The van der Waals surface area contributed by atoms with E-state index in [0.717, 1.165) is 31.2 Å². The SMILES string of the molecule is CC(C)C(NC(=O)C1CCCC1)C(=O)N1CCC(O)(c2ccc(Cl)cc2)C(C)(C)C1. The summed E-state index contributed by atoms with van der Waals surface area (Å²) in [4.78, 5) is 27.8. The van der Waals surface area contributed by atoms with E-state index in [4.69, 9.17) is 11.6 Å². The number of nitrogens with zero attached hydrogens (tertiary/aromatic N) is 1. The lowest BCUT2D eigenvalue weighted by Gasteiger charge is -2.51. The van der Waals surface area contributed by atoms with Crippen molar-refractivity contribution in [1.29, 1.82) is 0 Å². The number of carbonyl (C=O) groups is 2. The summed E-state index contributed by atoms with van der Waals surface area (Å²) in [5.74, 6) is -0.00838. The highest BCUT2D eigenvalue weighted by Gasteiger charge is 2.50. The van der Waals surface area contributed by atoms with Gasteiger partial charge in [-0.1, -0.05) is 64.3 Å². The Balaban J connectivity index is 1.73. The molecule has 1 saturated carbocycles. The standard InChI is InChI=1S/C24H35ClN2O3/c1-16(2)20(26-21(28)17-7-5-6-8-17)22(29)27-14-13-24(30,23(3,4)15-27)18-9-11-19(25)12-10-18/h9-12,16-17,20,30H,5-8,13-15H2,1-4H3,(H,26,28). The fourth-order valence-electron chi connectivity index (χ4n) is 4.94. The zero-order valence-electron chi connectivity index (χ0n) is 18.6. The third-order valence-corrected chi connectivity index (χ3v) is 7.29. The summed E-state index contributed by atoms with van der Waals surface area (Å²) in [6, 6.07) is 6.77. The second kappa shape index (κ2) is 8.88. The molecule has 2 fully saturated rings. The monoisotopic (exact) mass is 434 g/mol. The zero-order chi connectivity index (χ0) is 22.1. The Morgan fingerprint density at radius 1 is 1.17 bits per heavy atom. The van der Waals surface area contributed by atoms with E-state index in [2.05, 4.69) is 5.32 Å². The molecule has 5 nitrogen and oxygen atoms in total. The van der Waals surface area contributed by atoms with E-state index in [1.54, 1.807) is 12.1 Å². The quantitative estimate of drug-likeness (QED) is 0.732. The van der Waals surface area contributed by atoms with Crippen molar-refractivity contribution in [3.8, 4) is 0 Å². The van der Waals surface area contributed by atoms with Crippen molar-refractivity contribution in [1.82, 2.24) is 10.2 Å². The van der Waals surface area contributed by atoms with Crippen LogP contribution in [0.1, 0.15) is 65.4 Å². The van der Waals surface area contributed by atoms with Gasteiger partial charge in [0, 0.05) is 29.4 Å². The molecule has 1 aromatic rings. The van der Waals surface area contributed by atoms with Crippen molar-refractivity contribution in [2.75, 3.05) is 13.1 Å². The summed E-state index contributed by atoms with van der Waals surface area (Å²) >= 11 is 6.02. The minimum absolute atomic E-state index is 0.00282. The molecule has 2 N–H and O–H groups in total.